The molecule has 102 valence electrons. The van der Waals surface area contributed by atoms with Gasteiger partial charge in [0.25, 0.3) is 0 Å². The molecule has 3 nitrogen and oxygen atoms in total. The number of nitrogens with zero attached hydrogens (tertiary/aromatic N) is 2. The van der Waals surface area contributed by atoms with Crippen LogP contribution < -0.4 is 5.73 Å². The maximum Gasteiger partial charge on any atom is 0.205 e. The molecule has 0 aliphatic rings. The van der Waals surface area contributed by atoms with Crippen LogP contribution >= 0.6 is 46.4 Å². The second kappa shape index (κ2) is 5.01. The first-order chi connectivity index (χ1) is 9.47. The van der Waals surface area contributed by atoms with Gasteiger partial charge in [0.1, 0.15) is 0 Å². The lowest BCUT2D eigenvalue weighted by molar-refractivity contribution is 1.11. The minimum absolute atomic E-state index is 0.294. The predicted molar refractivity (Wildman–Crippen MR) is 85.5 cm³/mol. The molecule has 0 bridgehead atoms. The molecule has 0 unspecified atom stereocenters. The van der Waals surface area contributed by atoms with Gasteiger partial charge in [-0.2, -0.15) is 0 Å². The number of imidazole rings is 1. The van der Waals surface area contributed by atoms with Crippen molar-refractivity contribution in [1.82, 2.24) is 9.55 Å². The number of nitrogens with two attached hydrogens (primary N) is 1. The first-order valence-electron chi connectivity index (χ1n) is 5.56. The molecule has 3 rings (SSSR count). The summed E-state index contributed by atoms with van der Waals surface area (Å²) in [6, 6.07) is 8.50. The Kier molecular flexibility index (Phi) is 3.46. The Labute approximate surface area is 134 Å². The minimum atomic E-state index is 0.294. The predicted octanol–water partition coefficient (Wildman–Crippen LogP) is 5.22. The molecule has 2 aromatic carbocycles. The van der Waals surface area contributed by atoms with Crippen LogP contribution in [0.2, 0.25) is 20.1 Å². The summed E-state index contributed by atoms with van der Waals surface area (Å²) in [6.45, 7) is 0. The van der Waals surface area contributed by atoms with Crippen LogP contribution in [0, 0.1) is 0 Å². The number of anilines is 1. The van der Waals surface area contributed by atoms with E-state index in [0.717, 1.165) is 5.52 Å². The molecule has 0 saturated heterocycles. The van der Waals surface area contributed by atoms with Crippen LogP contribution in [0.25, 0.3) is 16.7 Å². The first-order valence-corrected chi connectivity index (χ1v) is 7.07. The van der Waals surface area contributed by atoms with Crippen LogP contribution in [-0.2, 0) is 0 Å². The molecule has 0 aliphatic carbocycles. The van der Waals surface area contributed by atoms with Crippen molar-refractivity contribution in [3.05, 3.63) is 50.4 Å². The third-order valence-electron chi connectivity index (χ3n) is 2.87. The SMILES string of the molecule is Nc1nc2cc(Cl)c(Cl)cc2n1-c1ccc(Cl)cc1Cl. The average molecular weight is 347 g/mol. The summed E-state index contributed by atoms with van der Waals surface area (Å²) in [4.78, 5) is 4.26. The van der Waals surface area contributed by atoms with Crippen molar-refractivity contribution < 1.29 is 0 Å². The molecule has 3 aromatic rings. The average Bonchev–Trinajstić information content (AvgIpc) is 2.66. The van der Waals surface area contributed by atoms with Crippen LogP contribution in [0.4, 0.5) is 5.95 Å². The molecule has 20 heavy (non-hydrogen) atoms. The number of aromatic nitrogens is 2. The Bertz CT molecular complexity index is 826. The van der Waals surface area contributed by atoms with Crippen LogP contribution in [0.3, 0.4) is 0 Å². The quantitative estimate of drug-likeness (QED) is 0.656. The van der Waals surface area contributed by atoms with E-state index in [2.05, 4.69) is 4.98 Å². The highest BCUT2D eigenvalue weighted by atomic mass is 35.5. The van der Waals surface area contributed by atoms with Gasteiger partial charge in [0, 0.05) is 5.02 Å². The lowest BCUT2D eigenvalue weighted by Gasteiger charge is -2.09. The standard InChI is InChI=1S/C13H7Cl4N3/c14-6-1-2-11(9(17)3-6)20-12-5-8(16)7(15)4-10(12)19-13(20)18/h1-5H,(H2,18,19). The first kappa shape index (κ1) is 13.8. The molecule has 0 atom stereocenters. The van der Waals surface area contributed by atoms with Crippen molar-refractivity contribution in [2.45, 2.75) is 0 Å². The second-order valence-electron chi connectivity index (χ2n) is 4.16. The number of fused-ring (bicyclic) bond motifs is 1. The summed E-state index contributed by atoms with van der Waals surface area (Å²) in [5.74, 6) is 0.294. The maximum atomic E-state index is 6.22. The summed E-state index contributed by atoms with van der Waals surface area (Å²) in [6.07, 6.45) is 0. The topological polar surface area (TPSA) is 43.8 Å². The fourth-order valence-electron chi connectivity index (χ4n) is 2.01. The zero-order valence-electron chi connectivity index (χ0n) is 9.87. The van der Waals surface area contributed by atoms with E-state index in [-0.39, 0.29) is 0 Å². The van der Waals surface area contributed by atoms with E-state index in [1.165, 1.54) is 0 Å². The lowest BCUT2D eigenvalue weighted by atomic mass is 10.2. The number of hydrogen-bond donors (Lipinski definition) is 1. The number of nitrogen functional groups attached to an aromatic ring is 1. The van der Waals surface area contributed by atoms with E-state index in [1.807, 2.05) is 0 Å². The van der Waals surface area contributed by atoms with Gasteiger partial charge in [0.05, 0.1) is 31.8 Å². The van der Waals surface area contributed by atoms with E-state index in [9.17, 15) is 0 Å². The summed E-state index contributed by atoms with van der Waals surface area (Å²) >= 11 is 24.2. The molecule has 0 aliphatic heterocycles. The highest BCUT2D eigenvalue weighted by molar-refractivity contribution is 6.42. The molecule has 1 aromatic heterocycles. The Balaban J connectivity index is 2.35. The van der Waals surface area contributed by atoms with Gasteiger partial charge < -0.3 is 5.73 Å². The number of hydrogen-bond acceptors (Lipinski definition) is 2. The van der Waals surface area contributed by atoms with Crippen LogP contribution in [0.1, 0.15) is 0 Å². The fraction of sp³-hybridized carbons (Fsp3) is 0. The molecule has 0 amide bonds. The Morgan fingerprint density at radius 3 is 2.30 bits per heavy atom. The number of halogens is 4. The van der Waals surface area contributed by atoms with E-state index in [1.54, 1.807) is 34.9 Å². The normalized spacial score (nSPS) is 11.2. The highest BCUT2D eigenvalue weighted by Gasteiger charge is 2.14. The minimum Gasteiger partial charge on any atom is -0.369 e. The molecule has 7 heteroatoms. The lowest BCUT2D eigenvalue weighted by Crippen LogP contribution is -2.01. The molecule has 2 N–H and O–H groups in total. The van der Waals surface area contributed by atoms with E-state index in [0.29, 0.717) is 37.2 Å². The van der Waals surface area contributed by atoms with E-state index in [4.69, 9.17) is 52.1 Å². The molecular weight excluding hydrogens is 340 g/mol. The van der Waals surface area contributed by atoms with Gasteiger partial charge in [0.15, 0.2) is 0 Å². The van der Waals surface area contributed by atoms with Gasteiger partial charge in [-0.1, -0.05) is 46.4 Å². The zero-order valence-corrected chi connectivity index (χ0v) is 12.9. The maximum absolute atomic E-state index is 6.22. The Morgan fingerprint density at radius 1 is 0.900 bits per heavy atom. The summed E-state index contributed by atoms with van der Waals surface area (Å²) in [5, 5.41) is 1.86. The van der Waals surface area contributed by atoms with Crippen LogP contribution in [0.15, 0.2) is 30.3 Å². The van der Waals surface area contributed by atoms with Crippen molar-refractivity contribution in [2.24, 2.45) is 0 Å². The van der Waals surface area contributed by atoms with Crippen LogP contribution in [0.5, 0.6) is 0 Å². The van der Waals surface area contributed by atoms with Gasteiger partial charge in [-0.05, 0) is 30.3 Å². The Hall–Kier alpha value is -1.13. The molecule has 1 heterocycles. The van der Waals surface area contributed by atoms with Crippen molar-refractivity contribution >= 4 is 63.4 Å². The largest absolute Gasteiger partial charge is 0.369 e. The van der Waals surface area contributed by atoms with Crippen molar-refractivity contribution in [3.63, 3.8) is 0 Å². The molecular formula is C13H7Cl4N3. The second-order valence-corrected chi connectivity index (χ2v) is 5.81. The number of rotatable bonds is 1. The molecule has 0 fully saturated rings. The van der Waals surface area contributed by atoms with Crippen molar-refractivity contribution in [2.75, 3.05) is 5.73 Å². The van der Waals surface area contributed by atoms with Gasteiger partial charge in [-0.25, -0.2) is 4.98 Å². The third-order valence-corrected chi connectivity index (χ3v) is 4.13. The smallest absolute Gasteiger partial charge is 0.205 e. The summed E-state index contributed by atoms with van der Waals surface area (Å²) in [7, 11) is 0. The fourth-order valence-corrected chi connectivity index (χ4v) is 2.82. The summed E-state index contributed by atoms with van der Waals surface area (Å²) < 4.78 is 1.70. The molecule has 0 spiro atoms. The van der Waals surface area contributed by atoms with Gasteiger partial charge in [0.2, 0.25) is 5.95 Å². The van der Waals surface area contributed by atoms with E-state index < -0.39 is 0 Å². The number of benzene rings is 2. The highest BCUT2D eigenvalue weighted by Crippen LogP contribution is 2.33. The van der Waals surface area contributed by atoms with Gasteiger partial charge in [-0.15, -0.1) is 0 Å². The van der Waals surface area contributed by atoms with Crippen LogP contribution in [-0.4, -0.2) is 9.55 Å². The summed E-state index contributed by atoms with van der Waals surface area (Å²) in [5.41, 5.74) is 8.01. The molecule has 0 saturated carbocycles. The van der Waals surface area contributed by atoms with E-state index >= 15 is 0 Å². The zero-order chi connectivity index (χ0) is 14.4. The van der Waals surface area contributed by atoms with Gasteiger partial charge in [-0.3, -0.25) is 4.57 Å². The molecule has 0 radical (unpaired) electrons. The monoisotopic (exact) mass is 345 g/mol. The van der Waals surface area contributed by atoms with Crippen molar-refractivity contribution in [1.29, 1.82) is 0 Å². The van der Waals surface area contributed by atoms with Gasteiger partial charge >= 0.3 is 0 Å². The Morgan fingerprint density at radius 2 is 1.60 bits per heavy atom. The third kappa shape index (κ3) is 2.21. The van der Waals surface area contributed by atoms with Crippen molar-refractivity contribution in [3.8, 4) is 5.69 Å².